The molecule has 1 unspecified atom stereocenters. The van der Waals surface area contributed by atoms with Crippen molar-refractivity contribution in [1.82, 2.24) is 19.8 Å². The highest BCUT2D eigenvalue weighted by molar-refractivity contribution is 7.18. The van der Waals surface area contributed by atoms with Gasteiger partial charge in [-0.05, 0) is 44.1 Å². The molecule has 2 aliphatic heterocycles. The molecule has 2 aromatic rings. The number of carbonyl (C=O) groups is 1. The number of ether oxygens (including phenoxy) is 2. The van der Waals surface area contributed by atoms with Crippen LogP contribution in [0.15, 0.2) is 4.79 Å². The fourth-order valence-electron chi connectivity index (χ4n) is 4.96. The topological polar surface area (TPSA) is 87.8 Å². The molecule has 4 heterocycles. The summed E-state index contributed by atoms with van der Waals surface area (Å²) < 4.78 is 11.2. The smallest absolute Gasteiger partial charge is 0.259 e. The zero-order valence-corrected chi connectivity index (χ0v) is 19.4. The van der Waals surface area contributed by atoms with Gasteiger partial charge in [0.15, 0.2) is 0 Å². The lowest BCUT2D eigenvalue weighted by Gasteiger charge is -2.34. The zero-order chi connectivity index (χ0) is 21.9. The van der Waals surface area contributed by atoms with Gasteiger partial charge in [0.25, 0.3) is 5.56 Å². The molecule has 9 heteroatoms. The third-order valence-electron chi connectivity index (χ3n) is 6.76. The van der Waals surface area contributed by atoms with Crippen LogP contribution in [0.4, 0.5) is 0 Å². The first-order valence-corrected chi connectivity index (χ1v) is 12.7. The number of aromatic nitrogens is 2. The molecule has 2 saturated heterocycles. The summed E-state index contributed by atoms with van der Waals surface area (Å²) in [6.45, 7) is 5.44. The molecule has 0 bridgehead atoms. The van der Waals surface area contributed by atoms with E-state index in [1.165, 1.54) is 16.9 Å². The van der Waals surface area contributed by atoms with Crippen molar-refractivity contribution >= 4 is 27.5 Å². The highest BCUT2D eigenvalue weighted by Gasteiger charge is 2.23. The lowest BCUT2D eigenvalue weighted by molar-refractivity contribution is -0.134. The van der Waals surface area contributed by atoms with Gasteiger partial charge in [-0.25, -0.2) is 4.98 Å². The van der Waals surface area contributed by atoms with Crippen LogP contribution in [0.3, 0.4) is 0 Å². The molecule has 2 fully saturated rings. The number of aryl methyl sites for hydroxylation is 2. The summed E-state index contributed by atoms with van der Waals surface area (Å²) in [4.78, 5) is 39.4. The second-order valence-electron chi connectivity index (χ2n) is 9.02. The molecule has 5 rings (SSSR count). The van der Waals surface area contributed by atoms with E-state index in [4.69, 9.17) is 14.5 Å². The summed E-state index contributed by atoms with van der Waals surface area (Å²) in [7, 11) is 0. The van der Waals surface area contributed by atoms with Crippen molar-refractivity contribution in [2.45, 2.75) is 57.6 Å². The van der Waals surface area contributed by atoms with Crippen molar-refractivity contribution in [1.29, 1.82) is 0 Å². The van der Waals surface area contributed by atoms with E-state index in [1.807, 2.05) is 4.90 Å². The molecular weight excluding hydrogens is 428 g/mol. The lowest BCUT2D eigenvalue weighted by Crippen LogP contribution is -2.48. The van der Waals surface area contributed by atoms with E-state index in [0.717, 1.165) is 67.8 Å². The molecule has 1 N–H and O–H groups in total. The van der Waals surface area contributed by atoms with Crippen molar-refractivity contribution in [2.24, 2.45) is 0 Å². The summed E-state index contributed by atoms with van der Waals surface area (Å²) in [5.74, 6) is 0.873. The number of amides is 1. The van der Waals surface area contributed by atoms with E-state index in [1.54, 1.807) is 11.3 Å². The Morgan fingerprint density at radius 2 is 2.03 bits per heavy atom. The van der Waals surface area contributed by atoms with Gasteiger partial charge in [-0.1, -0.05) is 0 Å². The largest absolute Gasteiger partial charge is 0.378 e. The predicted molar refractivity (Wildman–Crippen MR) is 123 cm³/mol. The average molecular weight is 461 g/mol. The first kappa shape index (κ1) is 22.0. The minimum absolute atomic E-state index is 0.00113. The predicted octanol–water partition coefficient (Wildman–Crippen LogP) is 2.09. The number of piperazine rings is 1. The van der Waals surface area contributed by atoms with Gasteiger partial charge in [-0.15, -0.1) is 11.3 Å². The Balaban J connectivity index is 1.10. The summed E-state index contributed by atoms with van der Waals surface area (Å²) >= 11 is 1.69. The van der Waals surface area contributed by atoms with Gasteiger partial charge in [0, 0.05) is 37.7 Å². The zero-order valence-electron chi connectivity index (χ0n) is 18.6. The van der Waals surface area contributed by atoms with Gasteiger partial charge < -0.3 is 19.4 Å². The number of hydrogen-bond donors (Lipinski definition) is 1. The van der Waals surface area contributed by atoms with Crippen molar-refractivity contribution in [3.63, 3.8) is 0 Å². The maximum Gasteiger partial charge on any atom is 0.259 e. The lowest BCUT2D eigenvalue weighted by atomic mass is 9.97. The number of carbonyl (C=O) groups excluding carboxylic acids is 1. The molecule has 2 aromatic heterocycles. The quantitative estimate of drug-likeness (QED) is 0.637. The summed E-state index contributed by atoms with van der Waals surface area (Å²) in [5, 5.41) is 0.811. The second-order valence-corrected chi connectivity index (χ2v) is 10.1. The van der Waals surface area contributed by atoms with Gasteiger partial charge in [-0.3, -0.25) is 14.5 Å². The van der Waals surface area contributed by atoms with Gasteiger partial charge in [0.05, 0.1) is 37.7 Å². The van der Waals surface area contributed by atoms with Gasteiger partial charge >= 0.3 is 0 Å². The van der Waals surface area contributed by atoms with Gasteiger partial charge in [0.2, 0.25) is 5.91 Å². The summed E-state index contributed by atoms with van der Waals surface area (Å²) in [6, 6.07) is 0. The molecule has 32 heavy (non-hydrogen) atoms. The van der Waals surface area contributed by atoms with Crippen LogP contribution in [-0.4, -0.2) is 77.8 Å². The normalized spacial score (nSPS) is 21.9. The first-order valence-electron chi connectivity index (χ1n) is 11.9. The second kappa shape index (κ2) is 9.99. The highest BCUT2D eigenvalue weighted by Crippen LogP contribution is 2.33. The van der Waals surface area contributed by atoms with E-state index in [0.29, 0.717) is 39.3 Å². The maximum absolute atomic E-state index is 12.7. The number of H-pyrrole nitrogens is 1. The van der Waals surface area contributed by atoms with Crippen LogP contribution in [0, 0.1) is 0 Å². The Bertz CT molecular complexity index is 1010. The van der Waals surface area contributed by atoms with Crippen LogP contribution in [0.5, 0.6) is 0 Å². The van der Waals surface area contributed by atoms with Crippen molar-refractivity contribution in [3.05, 3.63) is 26.6 Å². The Kier molecular flexibility index (Phi) is 6.87. The van der Waals surface area contributed by atoms with E-state index in [2.05, 4.69) is 9.88 Å². The molecule has 3 aliphatic rings. The highest BCUT2D eigenvalue weighted by atomic mass is 32.1. The number of fused-ring (bicyclic) bond motifs is 3. The molecule has 0 radical (unpaired) electrons. The van der Waals surface area contributed by atoms with E-state index >= 15 is 0 Å². The summed E-state index contributed by atoms with van der Waals surface area (Å²) in [6.07, 6.45) is 7.20. The minimum Gasteiger partial charge on any atom is -0.378 e. The molecule has 0 saturated carbocycles. The Morgan fingerprint density at radius 3 is 2.84 bits per heavy atom. The Hall–Kier alpha value is -1.81. The molecule has 1 amide bonds. The van der Waals surface area contributed by atoms with E-state index in [9.17, 15) is 9.59 Å². The van der Waals surface area contributed by atoms with Crippen LogP contribution >= 0.6 is 11.3 Å². The van der Waals surface area contributed by atoms with Crippen LogP contribution in [0.25, 0.3) is 10.2 Å². The molecular formula is C23H32N4O4S. The van der Waals surface area contributed by atoms with Crippen LogP contribution in [-0.2, 0) is 33.7 Å². The molecule has 1 atom stereocenters. The monoisotopic (exact) mass is 460 g/mol. The van der Waals surface area contributed by atoms with Crippen molar-refractivity contribution < 1.29 is 14.3 Å². The van der Waals surface area contributed by atoms with E-state index < -0.39 is 0 Å². The summed E-state index contributed by atoms with van der Waals surface area (Å²) in [5.41, 5.74) is 1.23. The van der Waals surface area contributed by atoms with Crippen molar-refractivity contribution in [2.75, 3.05) is 46.0 Å². The molecule has 8 nitrogen and oxygen atoms in total. The fourth-order valence-corrected chi connectivity index (χ4v) is 6.24. The molecule has 0 aromatic carbocycles. The minimum atomic E-state index is 0.00113. The third-order valence-corrected chi connectivity index (χ3v) is 7.95. The number of hydrogen-bond acceptors (Lipinski definition) is 7. The van der Waals surface area contributed by atoms with E-state index in [-0.39, 0.29) is 17.6 Å². The van der Waals surface area contributed by atoms with Crippen LogP contribution in [0.2, 0.25) is 0 Å². The standard InChI is InChI=1S/C23H32N4O4S/c28-20(7-13-30-15-16-4-3-12-31-16)27-10-8-26(9-11-27)14-19-24-22(29)21-17-5-1-2-6-18(17)32-23(21)25-19/h16H,1-15H2,(H,24,25,29). The molecule has 0 spiro atoms. The number of nitrogens with zero attached hydrogens (tertiary/aromatic N) is 3. The van der Waals surface area contributed by atoms with Gasteiger partial charge in [-0.2, -0.15) is 0 Å². The first-order chi connectivity index (χ1) is 15.7. The number of thiophene rings is 1. The number of nitrogens with one attached hydrogen (secondary N) is 1. The Labute approximate surface area is 191 Å². The fraction of sp³-hybridized carbons (Fsp3) is 0.696. The van der Waals surface area contributed by atoms with Crippen molar-refractivity contribution in [3.8, 4) is 0 Å². The van der Waals surface area contributed by atoms with Crippen LogP contribution in [0.1, 0.15) is 48.4 Å². The average Bonchev–Trinajstić information content (AvgIpc) is 3.44. The Morgan fingerprint density at radius 1 is 1.19 bits per heavy atom. The number of aromatic amines is 1. The third kappa shape index (κ3) is 4.90. The SMILES string of the molecule is O=C(CCOCC1CCCO1)N1CCN(Cc2nc3sc4c(c3c(=O)[nH]2)CCCC4)CC1. The van der Waals surface area contributed by atoms with Crippen LogP contribution < -0.4 is 5.56 Å². The number of rotatable bonds is 7. The molecule has 1 aliphatic carbocycles. The van der Waals surface area contributed by atoms with Gasteiger partial charge in [0.1, 0.15) is 10.7 Å². The maximum atomic E-state index is 12.7. The molecule has 174 valence electrons.